The molecule has 1 aromatic carbocycles. The number of carboxylic acid groups (broad SMARTS) is 1. The molecule has 1 aromatic rings. The van der Waals surface area contributed by atoms with Crippen LogP contribution in [0.25, 0.3) is 0 Å². The molecule has 1 unspecified atom stereocenters. The zero-order valence-electron chi connectivity index (χ0n) is 11.2. The van der Waals surface area contributed by atoms with Crippen molar-refractivity contribution in [2.45, 2.75) is 31.6 Å². The summed E-state index contributed by atoms with van der Waals surface area (Å²) in [6, 6.07) is 7.93. The first-order valence-electron chi connectivity index (χ1n) is 6.89. The van der Waals surface area contributed by atoms with Crippen LogP contribution in [-0.4, -0.2) is 31.0 Å². The van der Waals surface area contributed by atoms with Crippen molar-refractivity contribution in [3.63, 3.8) is 0 Å². The second-order valence-electron chi connectivity index (χ2n) is 6.22. The lowest BCUT2D eigenvalue weighted by Crippen LogP contribution is -2.29. The molecule has 3 rings (SSSR count). The van der Waals surface area contributed by atoms with Crippen LogP contribution in [0.4, 0.5) is 0 Å². The van der Waals surface area contributed by atoms with E-state index in [0.29, 0.717) is 0 Å². The van der Waals surface area contributed by atoms with Gasteiger partial charge in [-0.1, -0.05) is 24.3 Å². The van der Waals surface area contributed by atoms with Gasteiger partial charge in [-0.3, -0.25) is 4.79 Å². The van der Waals surface area contributed by atoms with Crippen molar-refractivity contribution in [3.8, 4) is 0 Å². The molecule has 4 nitrogen and oxygen atoms in total. The van der Waals surface area contributed by atoms with E-state index < -0.39 is 21.2 Å². The normalized spacial score (nSPS) is 22.7. The predicted molar refractivity (Wildman–Crippen MR) is 75.5 cm³/mol. The van der Waals surface area contributed by atoms with Gasteiger partial charge in [-0.15, -0.1) is 0 Å². The first-order chi connectivity index (χ1) is 9.39. The van der Waals surface area contributed by atoms with E-state index in [4.69, 9.17) is 5.11 Å². The van der Waals surface area contributed by atoms with Gasteiger partial charge in [0.05, 0.1) is 17.9 Å². The van der Waals surface area contributed by atoms with Crippen LogP contribution in [0.3, 0.4) is 0 Å². The Morgan fingerprint density at radius 1 is 1.30 bits per heavy atom. The van der Waals surface area contributed by atoms with E-state index >= 15 is 0 Å². The molecule has 1 saturated carbocycles. The summed E-state index contributed by atoms with van der Waals surface area (Å²) >= 11 is 0. The Morgan fingerprint density at radius 3 is 2.60 bits per heavy atom. The molecule has 20 heavy (non-hydrogen) atoms. The molecule has 0 spiro atoms. The predicted octanol–water partition coefficient (Wildman–Crippen LogP) is 2.00. The molecule has 1 N–H and O–H groups in total. The summed E-state index contributed by atoms with van der Waals surface area (Å²) in [5.41, 5.74) is 1.90. The maximum atomic E-state index is 12.3. The summed E-state index contributed by atoms with van der Waals surface area (Å²) in [6.07, 6.45) is 2.24. The van der Waals surface area contributed by atoms with Gasteiger partial charge in [-0.05, 0) is 35.8 Å². The Kier molecular flexibility index (Phi) is 3.12. The highest BCUT2D eigenvalue weighted by atomic mass is 32.2. The van der Waals surface area contributed by atoms with E-state index in [1.54, 1.807) is 0 Å². The largest absolute Gasteiger partial charge is 0.481 e. The maximum absolute atomic E-state index is 12.3. The van der Waals surface area contributed by atoms with Gasteiger partial charge in [-0.25, -0.2) is 8.42 Å². The van der Waals surface area contributed by atoms with Crippen molar-refractivity contribution in [3.05, 3.63) is 35.4 Å². The van der Waals surface area contributed by atoms with Gasteiger partial charge < -0.3 is 5.11 Å². The van der Waals surface area contributed by atoms with Crippen molar-refractivity contribution >= 4 is 15.8 Å². The van der Waals surface area contributed by atoms with Crippen LogP contribution in [0.1, 0.15) is 36.3 Å². The second kappa shape index (κ2) is 4.58. The fourth-order valence-corrected chi connectivity index (χ4v) is 5.57. The molecule has 1 fully saturated rings. The minimum Gasteiger partial charge on any atom is -0.481 e. The summed E-state index contributed by atoms with van der Waals surface area (Å²) in [5, 5.41) is 8.86. The zero-order valence-corrected chi connectivity index (χ0v) is 12.0. The Hall–Kier alpha value is -1.36. The van der Waals surface area contributed by atoms with Crippen LogP contribution in [0, 0.1) is 5.41 Å². The molecule has 0 radical (unpaired) electrons. The van der Waals surface area contributed by atoms with Gasteiger partial charge in [-0.2, -0.15) is 0 Å². The number of hydrogen-bond acceptors (Lipinski definition) is 3. The van der Waals surface area contributed by atoms with Crippen LogP contribution in [0.2, 0.25) is 0 Å². The Morgan fingerprint density at radius 2 is 2.00 bits per heavy atom. The second-order valence-corrected chi connectivity index (χ2v) is 8.33. The molecular weight excluding hydrogens is 276 g/mol. The highest BCUT2D eigenvalue weighted by Crippen LogP contribution is 2.50. The van der Waals surface area contributed by atoms with Gasteiger partial charge in [0.15, 0.2) is 9.84 Å². The third-order valence-electron chi connectivity index (χ3n) is 4.43. The summed E-state index contributed by atoms with van der Waals surface area (Å²) in [6.45, 7) is 0. The third kappa shape index (κ3) is 2.73. The number of carboxylic acids is 1. The molecular formula is C15H18O4S. The summed E-state index contributed by atoms with van der Waals surface area (Å²) in [4.78, 5) is 10.8. The first-order valence-corrected chi connectivity index (χ1v) is 8.71. The number of carbonyl (C=O) groups is 1. The molecule has 0 aromatic heterocycles. The monoisotopic (exact) mass is 294 g/mol. The number of aliphatic carboxylic acids is 1. The lowest BCUT2D eigenvalue weighted by molar-refractivity contribution is -0.138. The van der Waals surface area contributed by atoms with E-state index in [0.717, 1.165) is 24.8 Å². The number of fused-ring (bicyclic) bond motifs is 1. The number of sulfone groups is 1. The van der Waals surface area contributed by atoms with Crippen LogP contribution < -0.4 is 0 Å². The molecule has 2 aliphatic carbocycles. The van der Waals surface area contributed by atoms with Crippen molar-refractivity contribution < 1.29 is 18.3 Å². The fraction of sp³-hybridized carbons (Fsp3) is 0.533. The molecule has 1 atom stereocenters. The fourth-order valence-electron chi connectivity index (χ4n) is 3.21. The number of rotatable bonds is 6. The van der Waals surface area contributed by atoms with Gasteiger partial charge in [0, 0.05) is 5.92 Å². The Labute approximate surface area is 118 Å². The number of benzene rings is 1. The van der Waals surface area contributed by atoms with E-state index in [2.05, 4.69) is 0 Å². The van der Waals surface area contributed by atoms with Crippen molar-refractivity contribution in [2.75, 3.05) is 11.5 Å². The van der Waals surface area contributed by atoms with Crippen molar-refractivity contribution in [1.82, 2.24) is 0 Å². The molecule has 0 heterocycles. The maximum Gasteiger partial charge on any atom is 0.303 e. The molecule has 2 aliphatic rings. The van der Waals surface area contributed by atoms with Gasteiger partial charge >= 0.3 is 5.97 Å². The van der Waals surface area contributed by atoms with Gasteiger partial charge in [0.2, 0.25) is 0 Å². The van der Waals surface area contributed by atoms with Gasteiger partial charge in [0.25, 0.3) is 0 Å². The molecule has 0 amide bonds. The SMILES string of the molecule is O=C(O)CC1(CS(=O)(=O)CC2Cc3ccccc32)CC1. The zero-order chi connectivity index (χ0) is 14.4. The van der Waals surface area contributed by atoms with Crippen LogP contribution >= 0.6 is 0 Å². The lowest BCUT2D eigenvalue weighted by atomic mass is 9.79. The molecule has 108 valence electrons. The van der Waals surface area contributed by atoms with E-state index in [-0.39, 0.29) is 23.8 Å². The van der Waals surface area contributed by atoms with Crippen LogP contribution in [0.5, 0.6) is 0 Å². The summed E-state index contributed by atoms with van der Waals surface area (Å²) < 4.78 is 24.6. The smallest absolute Gasteiger partial charge is 0.303 e. The van der Waals surface area contributed by atoms with E-state index in [1.807, 2.05) is 24.3 Å². The highest BCUT2D eigenvalue weighted by Gasteiger charge is 2.48. The lowest BCUT2D eigenvalue weighted by Gasteiger charge is -2.30. The minimum atomic E-state index is -3.19. The topological polar surface area (TPSA) is 71.4 Å². The standard InChI is InChI=1S/C15H18O4S/c16-14(17)8-15(5-6-15)10-20(18,19)9-12-7-11-3-1-2-4-13(11)12/h1-4,12H,5-10H2,(H,16,17). The molecule has 0 aliphatic heterocycles. The number of hydrogen-bond donors (Lipinski definition) is 1. The summed E-state index contributed by atoms with van der Waals surface area (Å²) in [7, 11) is -3.19. The Bertz CT molecular complexity index is 644. The molecule has 0 bridgehead atoms. The summed E-state index contributed by atoms with van der Waals surface area (Å²) in [5.74, 6) is -0.611. The quantitative estimate of drug-likeness (QED) is 0.871. The third-order valence-corrected chi connectivity index (χ3v) is 6.39. The Balaban J connectivity index is 1.65. The average Bonchev–Trinajstić information content (AvgIpc) is 3.03. The first kappa shape index (κ1) is 13.6. The van der Waals surface area contributed by atoms with Crippen LogP contribution in [-0.2, 0) is 21.1 Å². The average molecular weight is 294 g/mol. The van der Waals surface area contributed by atoms with E-state index in [9.17, 15) is 13.2 Å². The van der Waals surface area contributed by atoms with Crippen molar-refractivity contribution in [2.24, 2.45) is 5.41 Å². The molecule has 5 heteroatoms. The van der Waals surface area contributed by atoms with E-state index in [1.165, 1.54) is 5.56 Å². The van der Waals surface area contributed by atoms with Gasteiger partial charge in [0.1, 0.15) is 0 Å². The highest BCUT2D eigenvalue weighted by molar-refractivity contribution is 7.91. The molecule has 0 saturated heterocycles. The van der Waals surface area contributed by atoms with Crippen LogP contribution in [0.15, 0.2) is 24.3 Å². The minimum absolute atomic E-state index is 0.0204. The van der Waals surface area contributed by atoms with Crippen molar-refractivity contribution in [1.29, 1.82) is 0 Å².